The number of nitrogens with zero attached hydrogens (tertiary/aromatic N) is 3. The minimum Gasteiger partial charge on any atom is -0.412 e. The van der Waals surface area contributed by atoms with Gasteiger partial charge in [0.1, 0.15) is 0 Å². The van der Waals surface area contributed by atoms with E-state index in [-0.39, 0.29) is 23.4 Å². The lowest BCUT2D eigenvalue weighted by molar-refractivity contribution is -0.122. The van der Waals surface area contributed by atoms with E-state index in [0.717, 1.165) is 52.4 Å². The quantitative estimate of drug-likeness (QED) is 0.440. The highest BCUT2D eigenvalue weighted by Crippen LogP contribution is 2.39. The van der Waals surface area contributed by atoms with Gasteiger partial charge in [-0.1, -0.05) is 36.4 Å². The summed E-state index contributed by atoms with van der Waals surface area (Å²) in [7, 11) is 4.13. The maximum atomic E-state index is 13.2. The molecule has 3 N–H and O–H groups in total. The molecule has 2 aliphatic heterocycles. The number of carbonyl (C=O) groups excluding carboxylic acids is 2. The highest BCUT2D eigenvalue weighted by atomic mass is 16.5. The molecule has 4 heterocycles. The Morgan fingerprint density at radius 1 is 0.861 bits per heavy atom. The molecule has 0 saturated heterocycles. The Bertz CT molecular complexity index is 1510. The molecule has 8 nitrogen and oxygen atoms in total. The number of amides is 2. The Morgan fingerprint density at radius 3 is 1.94 bits per heavy atom. The van der Waals surface area contributed by atoms with Crippen LogP contribution in [-0.2, 0) is 27.4 Å². The number of imide groups is 1. The fourth-order valence-electron chi connectivity index (χ4n) is 5.47. The highest BCUT2D eigenvalue weighted by molar-refractivity contribution is 6.50. The summed E-state index contributed by atoms with van der Waals surface area (Å²) < 4.78 is 10.7. The van der Waals surface area contributed by atoms with Gasteiger partial charge in [-0.15, -0.1) is 0 Å². The van der Waals surface area contributed by atoms with Crippen LogP contribution in [0.15, 0.2) is 60.9 Å². The average molecular weight is 487 g/mol. The number of hydrogen-bond acceptors (Lipinski definition) is 4. The zero-order valence-corrected chi connectivity index (χ0v) is 20.5. The molecular formula is C28H30N4O4. The van der Waals surface area contributed by atoms with Gasteiger partial charge in [-0.25, -0.2) is 0 Å². The predicted molar refractivity (Wildman–Crippen MR) is 140 cm³/mol. The van der Waals surface area contributed by atoms with E-state index in [1.165, 1.54) is 0 Å². The zero-order valence-electron chi connectivity index (χ0n) is 20.5. The van der Waals surface area contributed by atoms with Crippen molar-refractivity contribution in [3.63, 3.8) is 0 Å². The molecule has 0 spiro atoms. The van der Waals surface area contributed by atoms with Crippen molar-refractivity contribution in [3.8, 4) is 0 Å². The molecule has 0 radical (unpaired) electrons. The zero-order chi connectivity index (χ0) is 24.1. The topological polar surface area (TPSA) is 100 Å². The van der Waals surface area contributed by atoms with Gasteiger partial charge in [0.05, 0.1) is 23.9 Å². The van der Waals surface area contributed by atoms with Gasteiger partial charge in [0.2, 0.25) is 0 Å². The molecule has 4 aromatic rings. The van der Waals surface area contributed by atoms with Gasteiger partial charge in [0.25, 0.3) is 11.8 Å². The SMILES string of the molecule is CN(C)C[C@@H]1CCn2cc(c3ccccc32)C2=C(C(=O)NC2=O)c2cn(c3ccccc23)CCO1.O. The Hall–Kier alpha value is -3.72. The third kappa shape index (κ3) is 3.93. The van der Waals surface area contributed by atoms with Crippen LogP contribution in [0.5, 0.6) is 0 Å². The summed E-state index contributed by atoms with van der Waals surface area (Å²) in [5, 5.41) is 4.48. The molecule has 0 aliphatic carbocycles. The number of aryl methyl sites for hydroxylation is 1. The lowest BCUT2D eigenvalue weighted by Crippen LogP contribution is -2.30. The van der Waals surface area contributed by atoms with Gasteiger partial charge < -0.3 is 24.2 Å². The first-order chi connectivity index (χ1) is 17.0. The Kier molecular flexibility index (Phi) is 6.26. The molecule has 2 aromatic carbocycles. The second-order valence-electron chi connectivity index (χ2n) is 9.58. The molecule has 0 fully saturated rings. The molecule has 36 heavy (non-hydrogen) atoms. The highest BCUT2D eigenvalue weighted by Gasteiger charge is 2.35. The molecule has 2 aliphatic rings. The number of rotatable bonds is 2. The van der Waals surface area contributed by atoms with Gasteiger partial charge in [-0.05, 0) is 32.6 Å². The van der Waals surface area contributed by atoms with E-state index < -0.39 is 0 Å². The van der Waals surface area contributed by atoms with E-state index in [0.29, 0.717) is 24.3 Å². The van der Waals surface area contributed by atoms with E-state index in [9.17, 15) is 9.59 Å². The molecule has 2 aromatic heterocycles. The molecule has 8 heteroatoms. The van der Waals surface area contributed by atoms with E-state index in [1.807, 2.05) is 48.8 Å². The number of benzene rings is 2. The Balaban J connectivity index is 0.00000267. The molecule has 6 rings (SSSR count). The average Bonchev–Trinajstić information content (AvgIpc) is 3.47. The van der Waals surface area contributed by atoms with Crippen LogP contribution in [0.4, 0.5) is 0 Å². The molecular weight excluding hydrogens is 456 g/mol. The van der Waals surface area contributed by atoms with Crippen molar-refractivity contribution in [2.24, 2.45) is 0 Å². The third-order valence-corrected chi connectivity index (χ3v) is 6.99. The second kappa shape index (κ2) is 9.39. The number of aromatic nitrogens is 2. The number of fused-ring (bicyclic) bond motifs is 12. The molecule has 0 saturated carbocycles. The lowest BCUT2D eigenvalue weighted by atomic mass is 9.95. The van der Waals surface area contributed by atoms with Crippen molar-refractivity contribution in [1.82, 2.24) is 19.4 Å². The summed E-state index contributed by atoms with van der Waals surface area (Å²) in [6, 6.07) is 16.1. The van der Waals surface area contributed by atoms with Crippen LogP contribution in [0.2, 0.25) is 0 Å². The predicted octanol–water partition coefficient (Wildman–Crippen LogP) is 2.69. The first-order valence-corrected chi connectivity index (χ1v) is 12.0. The number of nitrogens with one attached hydrogen (secondary N) is 1. The lowest BCUT2D eigenvalue weighted by Gasteiger charge is -2.22. The van der Waals surface area contributed by atoms with E-state index in [2.05, 4.69) is 45.6 Å². The van der Waals surface area contributed by atoms with Crippen molar-refractivity contribution in [3.05, 3.63) is 72.1 Å². The summed E-state index contributed by atoms with van der Waals surface area (Å²) >= 11 is 0. The van der Waals surface area contributed by atoms with Crippen LogP contribution in [0, 0.1) is 0 Å². The van der Waals surface area contributed by atoms with E-state index in [1.54, 1.807) is 0 Å². The standard InChI is InChI=1S/C28H28N4O3.H2O/c1-30(2)15-18-11-12-31-16-21(19-7-3-5-9-23(19)31)25-26(28(34)29-27(25)33)22-17-32(13-14-35-18)24-10-6-4-8-20(22)24;/h3-10,16-18H,11-15H2,1-2H3,(H,29,33,34);1H2/t18-;/m0./s1. The van der Waals surface area contributed by atoms with Crippen LogP contribution < -0.4 is 5.32 Å². The van der Waals surface area contributed by atoms with Crippen LogP contribution in [-0.4, -0.2) is 64.7 Å². The third-order valence-electron chi connectivity index (χ3n) is 6.99. The molecule has 4 bridgehead atoms. The number of hydrogen-bond donors (Lipinski definition) is 1. The summed E-state index contributed by atoms with van der Waals surface area (Å²) in [6.07, 6.45) is 4.93. The fraction of sp³-hybridized carbons (Fsp3) is 0.286. The van der Waals surface area contributed by atoms with Crippen molar-refractivity contribution < 1.29 is 19.8 Å². The van der Waals surface area contributed by atoms with Crippen LogP contribution in [0.3, 0.4) is 0 Å². The smallest absolute Gasteiger partial charge is 0.259 e. The minimum atomic E-state index is -0.348. The van der Waals surface area contributed by atoms with Gasteiger partial charge in [-0.3, -0.25) is 14.9 Å². The van der Waals surface area contributed by atoms with Crippen molar-refractivity contribution in [2.45, 2.75) is 25.6 Å². The summed E-state index contributed by atoms with van der Waals surface area (Å²) in [6.45, 7) is 2.81. The monoisotopic (exact) mass is 486 g/mol. The normalized spacial score (nSPS) is 18.4. The second-order valence-corrected chi connectivity index (χ2v) is 9.58. The largest absolute Gasteiger partial charge is 0.412 e. The van der Waals surface area contributed by atoms with Crippen LogP contribution >= 0.6 is 0 Å². The van der Waals surface area contributed by atoms with E-state index in [4.69, 9.17) is 4.74 Å². The van der Waals surface area contributed by atoms with Gasteiger partial charge in [0.15, 0.2) is 0 Å². The molecule has 1 atom stereocenters. The van der Waals surface area contributed by atoms with Crippen molar-refractivity contribution >= 4 is 44.8 Å². The molecule has 186 valence electrons. The van der Waals surface area contributed by atoms with Gasteiger partial charge in [-0.2, -0.15) is 0 Å². The molecule has 0 unspecified atom stereocenters. The number of likely N-dealkylation sites (N-methyl/N-ethyl adjacent to an activating group) is 1. The molecule has 2 amide bonds. The first-order valence-electron chi connectivity index (χ1n) is 12.0. The van der Waals surface area contributed by atoms with Gasteiger partial charge in [0, 0.05) is 65.0 Å². The summed E-state index contributed by atoms with van der Waals surface area (Å²) in [5.41, 5.74) is 4.52. The fourth-order valence-corrected chi connectivity index (χ4v) is 5.47. The van der Waals surface area contributed by atoms with Crippen LogP contribution in [0.1, 0.15) is 17.5 Å². The maximum absolute atomic E-state index is 13.2. The minimum absolute atomic E-state index is 0. The number of ether oxygens (including phenoxy) is 1. The Labute approximate surface area is 209 Å². The number of para-hydroxylation sites is 2. The Morgan fingerprint density at radius 2 is 1.39 bits per heavy atom. The maximum Gasteiger partial charge on any atom is 0.259 e. The first kappa shape index (κ1) is 24.0. The van der Waals surface area contributed by atoms with Crippen LogP contribution in [0.25, 0.3) is 33.0 Å². The van der Waals surface area contributed by atoms with Gasteiger partial charge >= 0.3 is 0 Å². The summed E-state index contributed by atoms with van der Waals surface area (Å²) in [4.78, 5) is 28.5. The van der Waals surface area contributed by atoms with Crippen molar-refractivity contribution in [1.29, 1.82) is 0 Å². The summed E-state index contributed by atoms with van der Waals surface area (Å²) in [5.74, 6) is -0.690. The van der Waals surface area contributed by atoms with E-state index >= 15 is 0 Å². The number of carbonyl (C=O) groups is 2. The van der Waals surface area contributed by atoms with Crippen molar-refractivity contribution in [2.75, 3.05) is 27.2 Å².